The van der Waals surface area contributed by atoms with E-state index >= 15 is 0 Å². The molecule has 284 valence electrons. The summed E-state index contributed by atoms with van der Waals surface area (Å²) in [4.78, 5) is 4.31. The predicted octanol–water partition coefficient (Wildman–Crippen LogP) is 15.3. The maximum atomic E-state index is 9.41. The first-order valence-corrected chi connectivity index (χ1v) is 20.6. The van der Waals surface area contributed by atoms with Gasteiger partial charge in [-0.25, -0.2) is 0 Å². The van der Waals surface area contributed by atoms with Crippen LogP contribution in [0, 0.1) is 0 Å². The van der Waals surface area contributed by atoms with E-state index < -0.39 is 11.5 Å². The predicted molar refractivity (Wildman–Crippen MR) is 250 cm³/mol. The van der Waals surface area contributed by atoms with E-state index in [1.165, 1.54) is 22.3 Å². The fourth-order valence-electron chi connectivity index (χ4n) is 10.7. The van der Waals surface area contributed by atoms with Crippen LogP contribution in [0.3, 0.4) is 0 Å². The van der Waals surface area contributed by atoms with Crippen LogP contribution in [0.25, 0.3) is 33.4 Å². The normalized spacial score (nSPS) is 16.9. The number of anilines is 6. The van der Waals surface area contributed by atoms with Crippen molar-refractivity contribution < 1.29 is 6.85 Å². The summed E-state index contributed by atoms with van der Waals surface area (Å²) in [7, 11) is 0. The van der Waals surface area contributed by atoms with Crippen LogP contribution < -0.4 is 9.80 Å². The molecule has 0 bridgehead atoms. The first kappa shape index (κ1) is 29.7. The minimum Gasteiger partial charge on any atom is -0.310 e. The Morgan fingerprint density at radius 1 is 0.350 bits per heavy atom. The number of hydrogen-bond donors (Lipinski definition) is 0. The van der Waals surface area contributed by atoms with Crippen molar-refractivity contribution in [3.05, 3.63) is 252 Å². The van der Waals surface area contributed by atoms with Gasteiger partial charge < -0.3 is 9.80 Å². The van der Waals surface area contributed by atoms with E-state index in [-0.39, 0.29) is 35.3 Å². The van der Waals surface area contributed by atoms with Gasteiger partial charge in [0.2, 0.25) is 0 Å². The van der Waals surface area contributed by atoms with Gasteiger partial charge in [0, 0.05) is 39.3 Å². The highest BCUT2D eigenvalue weighted by Gasteiger charge is 2.55. The van der Waals surface area contributed by atoms with Gasteiger partial charge in [-0.15, -0.1) is 0 Å². The summed E-state index contributed by atoms with van der Waals surface area (Å²) in [5.41, 5.74) is 17.2. The fourth-order valence-corrected chi connectivity index (χ4v) is 10.7. The van der Waals surface area contributed by atoms with Crippen LogP contribution in [0.5, 0.6) is 0 Å². The van der Waals surface area contributed by atoms with Crippen LogP contribution in [0.1, 0.15) is 54.1 Å². The third kappa shape index (κ3) is 4.70. The van der Waals surface area contributed by atoms with Crippen LogP contribution in [-0.4, -0.2) is 0 Å². The van der Waals surface area contributed by atoms with Crippen molar-refractivity contribution in [2.24, 2.45) is 0 Å². The first-order valence-electron chi connectivity index (χ1n) is 23.1. The second-order valence-electron chi connectivity index (χ2n) is 16.5. The molecule has 1 spiro atoms. The zero-order valence-electron chi connectivity index (χ0n) is 38.3. The van der Waals surface area contributed by atoms with Gasteiger partial charge in [-0.2, -0.15) is 0 Å². The van der Waals surface area contributed by atoms with Crippen LogP contribution in [-0.2, 0) is 10.8 Å². The van der Waals surface area contributed by atoms with E-state index in [9.17, 15) is 2.74 Å². The largest absolute Gasteiger partial charge is 0.310 e. The molecule has 2 nitrogen and oxygen atoms in total. The van der Waals surface area contributed by atoms with Gasteiger partial charge in [0.15, 0.2) is 0 Å². The molecule has 0 fully saturated rings. The summed E-state index contributed by atoms with van der Waals surface area (Å²) in [6.07, 6.45) is 0. The summed E-state index contributed by atoms with van der Waals surface area (Å²) in [6.45, 7) is 4.64. The zero-order valence-corrected chi connectivity index (χ0v) is 33.3. The highest BCUT2D eigenvalue weighted by Crippen LogP contribution is 2.67. The average Bonchev–Trinajstić information content (AvgIpc) is 3.91. The first-order chi connectivity index (χ1) is 31.6. The van der Waals surface area contributed by atoms with E-state index in [0.29, 0.717) is 5.69 Å². The molecule has 2 heteroatoms. The van der Waals surface area contributed by atoms with Gasteiger partial charge in [-0.05, 0) is 116 Å². The Labute approximate surface area is 359 Å². The Kier molecular flexibility index (Phi) is 6.47. The van der Waals surface area contributed by atoms with Crippen LogP contribution in [0.2, 0.25) is 0 Å². The molecule has 60 heavy (non-hydrogen) atoms. The number of hydrogen-bond acceptors (Lipinski definition) is 2. The third-order valence-electron chi connectivity index (χ3n) is 13.1. The van der Waals surface area contributed by atoms with Crippen molar-refractivity contribution in [2.75, 3.05) is 9.80 Å². The number of fused-ring (bicyclic) bond motifs is 13. The summed E-state index contributed by atoms with van der Waals surface area (Å²) >= 11 is 0. The smallest absolute Gasteiger partial charge is 0.0766 e. The standard InChI is InChI=1S/C58H42N2/c1-57(2)49-31-15-12-26-43(49)46-37-36-42(38-52(46)57)60(41-24-10-5-11-25-41)54-35-19-30-48-45-28-14-17-33-51(45)58(56(48)54)50-32-16-13-27-44(50)47-29-18-34-53(55(47)58)59(39-20-6-3-7-21-39)40-22-8-4-9-23-40/h3-38H,1-2H3/i3D,6D,7D,20D,21D. The Morgan fingerprint density at radius 3 is 1.33 bits per heavy atom. The molecule has 9 aromatic carbocycles. The lowest BCUT2D eigenvalue weighted by Gasteiger charge is -2.38. The van der Waals surface area contributed by atoms with Crippen LogP contribution in [0.15, 0.2) is 218 Å². The van der Waals surface area contributed by atoms with Crippen molar-refractivity contribution in [2.45, 2.75) is 24.7 Å². The third-order valence-corrected chi connectivity index (χ3v) is 13.1. The van der Waals surface area contributed by atoms with Crippen LogP contribution in [0.4, 0.5) is 34.1 Å². The molecule has 0 radical (unpaired) electrons. The molecule has 1 atom stereocenters. The highest BCUT2D eigenvalue weighted by molar-refractivity contribution is 6.03. The fraction of sp³-hybridized carbons (Fsp3) is 0.0690. The summed E-state index contributed by atoms with van der Waals surface area (Å²) < 4.78 is 45.1. The quantitative estimate of drug-likeness (QED) is 0.166. The number of nitrogens with zero attached hydrogens (tertiary/aromatic N) is 2. The lowest BCUT2D eigenvalue weighted by atomic mass is 9.69. The van der Waals surface area contributed by atoms with Crippen molar-refractivity contribution in [3.8, 4) is 33.4 Å². The van der Waals surface area contributed by atoms with Gasteiger partial charge in [0.05, 0.1) is 23.6 Å². The Balaban J connectivity index is 1.21. The van der Waals surface area contributed by atoms with Gasteiger partial charge >= 0.3 is 0 Å². The molecule has 9 aromatic rings. The number of para-hydroxylation sites is 3. The minimum atomic E-state index is -0.926. The molecule has 12 rings (SSSR count). The topological polar surface area (TPSA) is 6.48 Å². The molecule has 0 saturated heterocycles. The SMILES string of the molecule is [2H]c1c([2H])c([2H])c(N(c2ccccc2)c2cccc3c2C2(c4ccccc4-c4cccc(N(c5ccccc5)c5ccc6c(c5)C(C)(C)c5ccccc5-6)c42)c2ccccc2-3)c([2H])c1[2H]. The van der Waals surface area contributed by atoms with Gasteiger partial charge in [-0.1, -0.05) is 172 Å². The highest BCUT2D eigenvalue weighted by atomic mass is 15.2. The van der Waals surface area contributed by atoms with E-state index in [2.05, 4.69) is 170 Å². The zero-order chi connectivity index (χ0) is 44.4. The van der Waals surface area contributed by atoms with Crippen LogP contribution >= 0.6 is 0 Å². The van der Waals surface area contributed by atoms with Crippen molar-refractivity contribution in [1.82, 2.24) is 0 Å². The maximum Gasteiger partial charge on any atom is 0.0766 e. The second-order valence-corrected chi connectivity index (χ2v) is 16.5. The van der Waals surface area contributed by atoms with Crippen molar-refractivity contribution in [3.63, 3.8) is 0 Å². The van der Waals surface area contributed by atoms with E-state index in [0.717, 1.165) is 67.3 Å². The number of rotatable bonds is 6. The van der Waals surface area contributed by atoms with Crippen molar-refractivity contribution >= 4 is 34.1 Å². The molecule has 1 unspecified atom stereocenters. The molecular weight excluding hydrogens is 725 g/mol. The average molecular weight is 772 g/mol. The van der Waals surface area contributed by atoms with E-state index in [1.54, 1.807) is 0 Å². The molecular formula is C58H42N2. The summed E-state index contributed by atoms with van der Waals surface area (Å²) in [5.74, 6) is 0. The summed E-state index contributed by atoms with van der Waals surface area (Å²) in [6, 6.07) is 64.5. The Hall–Kier alpha value is -7.42. The Bertz CT molecular complexity index is 3400. The molecule has 0 aliphatic heterocycles. The monoisotopic (exact) mass is 771 g/mol. The minimum absolute atomic E-state index is 0.0918. The molecule has 3 aliphatic rings. The Morgan fingerprint density at radius 2 is 0.783 bits per heavy atom. The molecule has 0 aromatic heterocycles. The lowest BCUT2D eigenvalue weighted by molar-refractivity contribution is 0.660. The van der Waals surface area contributed by atoms with E-state index in [4.69, 9.17) is 4.11 Å². The van der Waals surface area contributed by atoms with Gasteiger partial charge in [0.1, 0.15) is 0 Å². The molecule has 3 aliphatic carbocycles. The molecule has 0 saturated carbocycles. The summed E-state index contributed by atoms with van der Waals surface area (Å²) in [5, 5.41) is 0. The second kappa shape index (κ2) is 13.0. The lowest BCUT2D eigenvalue weighted by Crippen LogP contribution is -2.30. The molecule has 0 N–H and O–H groups in total. The van der Waals surface area contributed by atoms with Gasteiger partial charge in [0.25, 0.3) is 0 Å². The maximum absolute atomic E-state index is 9.41. The molecule has 0 heterocycles. The number of benzene rings is 9. The van der Waals surface area contributed by atoms with Crippen molar-refractivity contribution in [1.29, 1.82) is 0 Å². The molecule has 0 amide bonds. The van der Waals surface area contributed by atoms with E-state index in [1.807, 2.05) is 41.3 Å². The van der Waals surface area contributed by atoms with Gasteiger partial charge in [-0.3, -0.25) is 0 Å².